The molecule has 33 heavy (non-hydrogen) atoms. The third-order valence-corrected chi connectivity index (χ3v) is 6.20. The molecular weight excluding hydrogens is 434 g/mol. The second-order valence-electron chi connectivity index (χ2n) is 8.12. The molecule has 3 aromatic rings. The molecule has 3 aromatic carbocycles. The first-order chi connectivity index (χ1) is 15.5. The molecule has 5 nitrogen and oxygen atoms in total. The number of para-hydroxylation sites is 1. The number of rotatable bonds is 5. The minimum Gasteiger partial charge on any atom is -0.343 e. The summed E-state index contributed by atoms with van der Waals surface area (Å²) in [4.78, 5) is 28.1. The third kappa shape index (κ3) is 4.88. The molecule has 0 saturated heterocycles. The fourth-order valence-corrected chi connectivity index (χ4v) is 4.24. The number of carbonyl (C=O) groups excluding carboxylic acids is 2. The predicted octanol–water partition coefficient (Wildman–Crippen LogP) is 3.82. The van der Waals surface area contributed by atoms with Crippen molar-refractivity contribution in [2.24, 2.45) is 0 Å². The van der Waals surface area contributed by atoms with Crippen molar-refractivity contribution >= 4 is 40.7 Å². The van der Waals surface area contributed by atoms with Gasteiger partial charge < -0.3 is 15.5 Å². The van der Waals surface area contributed by atoms with Crippen LogP contribution in [0.25, 0.3) is 10.8 Å². The molecule has 0 bridgehead atoms. The van der Waals surface area contributed by atoms with E-state index in [1.54, 1.807) is 18.9 Å². The van der Waals surface area contributed by atoms with E-state index in [9.17, 15) is 9.59 Å². The highest BCUT2D eigenvalue weighted by Gasteiger charge is 2.32. The minimum absolute atomic E-state index is 0. The van der Waals surface area contributed by atoms with Crippen LogP contribution in [0.1, 0.15) is 30.0 Å². The van der Waals surface area contributed by atoms with E-state index in [2.05, 4.69) is 16.6 Å². The van der Waals surface area contributed by atoms with Crippen LogP contribution < -0.4 is 15.5 Å². The van der Waals surface area contributed by atoms with E-state index in [0.717, 1.165) is 33.2 Å². The van der Waals surface area contributed by atoms with E-state index in [-0.39, 0.29) is 30.3 Å². The number of amides is 2. The molecule has 2 amide bonds. The van der Waals surface area contributed by atoms with Crippen LogP contribution in [0.4, 0.5) is 5.69 Å². The largest absolute Gasteiger partial charge is 0.343 e. The van der Waals surface area contributed by atoms with Gasteiger partial charge in [0.2, 0.25) is 11.8 Å². The molecule has 6 heteroatoms. The van der Waals surface area contributed by atoms with Crippen molar-refractivity contribution in [3.05, 3.63) is 77.4 Å². The lowest BCUT2D eigenvalue weighted by Gasteiger charge is -2.28. The Hall–Kier alpha value is -3.33. The summed E-state index contributed by atoms with van der Waals surface area (Å²) in [6, 6.07) is 18.9. The topological polar surface area (TPSA) is 61.4 Å². The number of terminal acetylenes is 1. The third-order valence-electron chi connectivity index (χ3n) is 6.20. The van der Waals surface area contributed by atoms with Crippen LogP contribution in [-0.4, -0.2) is 30.9 Å². The minimum atomic E-state index is -0.602. The number of fused-ring (bicyclic) bond motifs is 2. The van der Waals surface area contributed by atoms with E-state index >= 15 is 0 Å². The van der Waals surface area contributed by atoms with Crippen LogP contribution in [0.5, 0.6) is 0 Å². The maximum Gasteiger partial charge on any atom is 0.249 e. The van der Waals surface area contributed by atoms with Crippen LogP contribution in [0, 0.1) is 12.3 Å². The highest BCUT2D eigenvalue weighted by Crippen LogP contribution is 2.31. The summed E-state index contributed by atoms with van der Waals surface area (Å²) in [6.07, 6.45) is 7.08. The number of anilines is 1. The number of aryl methyl sites for hydroxylation is 1. The Bertz CT molecular complexity index is 1220. The van der Waals surface area contributed by atoms with Gasteiger partial charge in [-0.3, -0.25) is 9.59 Å². The number of nitrogens with zero attached hydrogens (tertiary/aromatic N) is 1. The Labute approximate surface area is 201 Å². The van der Waals surface area contributed by atoms with Crippen molar-refractivity contribution in [1.82, 2.24) is 10.6 Å². The van der Waals surface area contributed by atoms with Gasteiger partial charge in [-0.05, 0) is 60.8 Å². The molecule has 0 fully saturated rings. The number of likely N-dealkylation sites (N-methyl/N-ethyl adjacent to an activating group) is 1. The molecule has 1 heterocycles. The summed E-state index contributed by atoms with van der Waals surface area (Å²) in [6.45, 7) is 2.11. The smallest absolute Gasteiger partial charge is 0.249 e. The lowest BCUT2D eigenvalue weighted by Crippen LogP contribution is -2.52. The van der Waals surface area contributed by atoms with E-state index in [0.29, 0.717) is 19.4 Å². The van der Waals surface area contributed by atoms with Crippen LogP contribution in [0.3, 0.4) is 0 Å². The van der Waals surface area contributed by atoms with Gasteiger partial charge in [0.05, 0.1) is 12.6 Å². The van der Waals surface area contributed by atoms with Crippen LogP contribution in [0.15, 0.2) is 60.7 Å². The van der Waals surface area contributed by atoms with Gasteiger partial charge in [0.1, 0.15) is 6.04 Å². The SMILES string of the molecule is C#Cc1ccc2ccccc2c1CN1C(=O)C(NC(=O)C(C)NC)CCc2ccccc21.Cl. The summed E-state index contributed by atoms with van der Waals surface area (Å²) in [5, 5.41) is 7.98. The normalized spacial score (nSPS) is 16.2. The Kier molecular flexibility index (Phi) is 7.75. The lowest BCUT2D eigenvalue weighted by molar-refractivity contribution is -0.128. The van der Waals surface area contributed by atoms with E-state index in [4.69, 9.17) is 6.42 Å². The van der Waals surface area contributed by atoms with Gasteiger partial charge in [-0.2, -0.15) is 0 Å². The number of benzene rings is 3. The fourth-order valence-electron chi connectivity index (χ4n) is 4.24. The number of hydrogen-bond donors (Lipinski definition) is 2. The summed E-state index contributed by atoms with van der Waals surface area (Å²) in [5.41, 5.74) is 3.65. The van der Waals surface area contributed by atoms with Crippen LogP contribution in [0.2, 0.25) is 0 Å². The molecule has 0 saturated carbocycles. The Morgan fingerprint density at radius 2 is 1.88 bits per heavy atom. The Morgan fingerprint density at radius 3 is 2.64 bits per heavy atom. The fraction of sp³-hybridized carbons (Fsp3) is 0.259. The van der Waals surface area contributed by atoms with Gasteiger partial charge in [-0.25, -0.2) is 0 Å². The number of hydrogen-bond acceptors (Lipinski definition) is 3. The molecule has 2 atom stereocenters. The Balaban J connectivity index is 0.00000306. The second kappa shape index (κ2) is 10.5. The van der Waals surface area contributed by atoms with Gasteiger partial charge in [0.15, 0.2) is 0 Å². The molecule has 2 N–H and O–H groups in total. The van der Waals surface area contributed by atoms with E-state index in [1.807, 2.05) is 60.7 Å². The first-order valence-corrected chi connectivity index (χ1v) is 10.9. The molecule has 0 radical (unpaired) electrons. The molecule has 4 rings (SSSR count). The van der Waals surface area contributed by atoms with E-state index < -0.39 is 6.04 Å². The summed E-state index contributed by atoms with van der Waals surface area (Å²) in [7, 11) is 1.73. The van der Waals surface area contributed by atoms with Crippen molar-refractivity contribution in [3.63, 3.8) is 0 Å². The van der Waals surface area contributed by atoms with Crippen LogP contribution in [-0.2, 0) is 22.6 Å². The van der Waals surface area contributed by atoms with Crippen molar-refractivity contribution in [2.45, 2.75) is 38.4 Å². The monoisotopic (exact) mass is 461 g/mol. The molecule has 0 aliphatic carbocycles. The maximum atomic E-state index is 13.7. The van der Waals surface area contributed by atoms with Crippen molar-refractivity contribution in [2.75, 3.05) is 11.9 Å². The average molecular weight is 462 g/mol. The first kappa shape index (κ1) is 24.3. The molecule has 1 aliphatic rings. The standard InChI is InChI=1S/C27H27N3O2.ClH/c1-4-19-13-14-20-9-5-7-11-22(20)23(19)17-30-25-12-8-6-10-21(25)15-16-24(27(30)32)29-26(31)18(2)28-3;/h1,5-14,18,24,28H,15-17H2,2-3H3,(H,29,31);1H. The molecule has 0 aromatic heterocycles. The molecule has 2 unspecified atom stereocenters. The van der Waals surface area contributed by atoms with Gasteiger partial charge in [0.25, 0.3) is 0 Å². The Morgan fingerprint density at radius 1 is 1.15 bits per heavy atom. The summed E-state index contributed by atoms with van der Waals surface area (Å²) < 4.78 is 0. The molecule has 0 spiro atoms. The van der Waals surface area contributed by atoms with E-state index in [1.165, 1.54) is 0 Å². The zero-order chi connectivity index (χ0) is 22.7. The number of carbonyl (C=O) groups is 2. The highest BCUT2D eigenvalue weighted by molar-refractivity contribution is 6.01. The van der Waals surface area contributed by atoms with Crippen molar-refractivity contribution < 1.29 is 9.59 Å². The average Bonchev–Trinajstić information content (AvgIpc) is 2.95. The van der Waals surface area contributed by atoms with Crippen LogP contribution >= 0.6 is 12.4 Å². The quantitative estimate of drug-likeness (QED) is 0.568. The number of nitrogens with one attached hydrogen (secondary N) is 2. The van der Waals surface area contributed by atoms with Gasteiger partial charge in [-0.1, -0.05) is 54.5 Å². The second-order valence-corrected chi connectivity index (χ2v) is 8.12. The lowest BCUT2D eigenvalue weighted by atomic mass is 9.98. The predicted molar refractivity (Wildman–Crippen MR) is 136 cm³/mol. The van der Waals surface area contributed by atoms with Crippen molar-refractivity contribution in [3.8, 4) is 12.3 Å². The summed E-state index contributed by atoms with van der Waals surface area (Å²) >= 11 is 0. The molecular formula is C27H28ClN3O2. The maximum absolute atomic E-state index is 13.7. The summed E-state index contributed by atoms with van der Waals surface area (Å²) in [5.74, 6) is 2.47. The van der Waals surface area contributed by atoms with Gasteiger partial charge in [0, 0.05) is 11.3 Å². The first-order valence-electron chi connectivity index (χ1n) is 10.9. The van der Waals surface area contributed by atoms with Crippen molar-refractivity contribution in [1.29, 1.82) is 0 Å². The molecule has 170 valence electrons. The zero-order valence-electron chi connectivity index (χ0n) is 18.8. The number of halogens is 1. The van der Waals surface area contributed by atoms with Gasteiger partial charge >= 0.3 is 0 Å². The van der Waals surface area contributed by atoms with Gasteiger partial charge in [-0.15, -0.1) is 18.8 Å². The highest BCUT2D eigenvalue weighted by atomic mass is 35.5. The molecule has 1 aliphatic heterocycles. The zero-order valence-corrected chi connectivity index (χ0v) is 19.6.